The first-order chi connectivity index (χ1) is 5.16. The zero-order valence-electron chi connectivity index (χ0n) is 5.28. The molecule has 4 nitrogen and oxygen atoms in total. The molecular weight excluding hydrogens is 219 g/mol. The number of hydrogen-bond acceptors (Lipinski definition) is 3. The number of aliphatic imine (C=N–C) groups is 1. The van der Waals surface area contributed by atoms with Crippen molar-refractivity contribution in [1.82, 2.24) is 0 Å². The predicted octanol–water partition coefficient (Wildman–Crippen LogP) is 2.01. The molecular formula is C5H4BrFN2O2. The van der Waals surface area contributed by atoms with Crippen molar-refractivity contribution in [3.8, 4) is 0 Å². The SMILES string of the molecule is O=[N+]([O-])/C=C/C(F)=C\N=CBr. The lowest BCUT2D eigenvalue weighted by Crippen LogP contribution is -1.81. The van der Waals surface area contributed by atoms with Gasteiger partial charge in [0.05, 0.1) is 16.2 Å². The van der Waals surface area contributed by atoms with Gasteiger partial charge in [-0.1, -0.05) is 0 Å². The second-order valence-electron chi connectivity index (χ2n) is 1.36. The minimum absolute atomic E-state index is 0.496. The third-order valence-corrected chi connectivity index (χ3v) is 0.846. The largest absolute Gasteiger partial charge is 0.259 e. The van der Waals surface area contributed by atoms with Crippen LogP contribution in [0.5, 0.6) is 0 Å². The van der Waals surface area contributed by atoms with E-state index < -0.39 is 10.8 Å². The fourth-order valence-electron chi connectivity index (χ4n) is 0.274. The molecule has 11 heavy (non-hydrogen) atoms. The summed E-state index contributed by atoms with van der Waals surface area (Å²) in [4.78, 5) is 12.2. The monoisotopic (exact) mass is 222 g/mol. The van der Waals surface area contributed by atoms with E-state index in [0.29, 0.717) is 12.3 Å². The lowest BCUT2D eigenvalue weighted by Gasteiger charge is -1.79. The Morgan fingerprint density at radius 1 is 1.73 bits per heavy atom. The maximum atomic E-state index is 12.3. The molecule has 0 rings (SSSR count). The number of allylic oxidation sites excluding steroid dienone is 2. The Kier molecular flexibility index (Phi) is 5.18. The van der Waals surface area contributed by atoms with E-state index in [4.69, 9.17) is 0 Å². The van der Waals surface area contributed by atoms with Crippen LogP contribution in [0, 0.1) is 10.1 Å². The highest BCUT2D eigenvalue weighted by atomic mass is 79.9. The van der Waals surface area contributed by atoms with Gasteiger partial charge in [-0.15, -0.1) is 0 Å². The van der Waals surface area contributed by atoms with Gasteiger partial charge in [0.15, 0.2) is 0 Å². The van der Waals surface area contributed by atoms with E-state index in [1.807, 2.05) is 0 Å². The van der Waals surface area contributed by atoms with Crippen molar-refractivity contribution >= 4 is 21.1 Å². The van der Waals surface area contributed by atoms with Crippen molar-refractivity contribution in [2.75, 3.05) is 0 Å². The highest BCUT2D eigenvalue weighted by Crippen LogP contribution is 1.98. The standard InChI is InChI=1S/C5H4BrFN2O2/c6-4-8-3-5(7)1-2-9(10)11/h1-4H/b2-1+,5-3+,8-4?. The molecule has 0 saturated carbocycles. The average Bonchev–Trinajstić information content (AvgIpc) is 1.97. The fourth-order valence-corrected chi connectivity index (χ4v) is 0.393. The van der Waals surface area contributed by atoms with E-state index in [-0.39, 0.29) is 0 Å². The Hall–Kier alpha value is -1.04. The van der Waals surface area contributed by atoms with Crippen LogP contribution < -0.4 is 0 Å². The second kappa shape index (κ2) is 5.72. The first-order valence-electron chi connectivity index (χ1n) is 2.46. The first kappa shape index (κ1) is 9.96. The minimum Gasteiger partial charge on any atom is -0.259 e. The molecule has 60 valence electrons. The Labute approximate surface area is 70.4 Å². The maximum Gasteiger partial charge on any atom is 0.237 e. The molecule has 0 N–H and O–H groups in total. The quantitative estimate of drug-likeness (QED) is 0.318. The summed E-state index contributed by atoms with van der Waals surface area (Å²) in [6.07, 6.45) is 2.05. The maximum absolute atomic E-state index is 12.3. The molecule has 0 radical (unpaired) electrons. The Bertz CT molecular complexity index is 225. The predicted molar refractivity (Wildman–Crippen MR) is 42.7 cm³/mol. The summed E-state index contributed by atoms with van der Waals surface area (Å²) in [5.74, 6) is -0.780. The fraction of sp³-hybridized carbons (Fsp3) is 0. The van der Waals surface area contributed by atoms with Crippen molar-refractivity contribution in [1.29, 1.82) is 0 Å². The summed E-state index contributed by atoms with van der Waals surface area (Å²) in [5.41, 5.74) is 0. The van der Waals surface area contributed by atoms with Crippen molar-refractivity contribution in [3.63, 3.8) is 0 Å². The molecule has 0 heterocycles. The van der Waals surface area contributed by atoms with Crippen molar-refractivity contribution in [2.45, 2.75) is 0 Å². The Morgan fingerprint density at radius 2 is 2.36 bits per heavy atom. The van der Waals surface area contributed by atoms with Gasteiger partial charge in [-0.3, -0.25) is 15.1 Å². The van der Waals surface area contributed by atoms with Crippen LogP contribution in [0.25, 0.3) is 0 Å². The molecule has 0 bridgehead atoms. The molecule has 0 aliphatic rings. The molecule has 0 saturated heterocycles. The summed E-state index contributed by atoms with van der Waals surface area (Å²) >= 11 is 2.80. The molecule has 0 aromatic carbocycles. The van der Waals surface area contributed by atoms with Gasteiger partial charge >= 0.3 is 0 Å². The third kappa shape index (κ3) is 6.85. The third-order valence-electron chi connectivity index (χ3n) is 0.610. The van der Waals surface area contributed by atoms with E-state index >= 15 is 0 Å². The van der Waals surface area contributed by atoms with Gasteiger partial charge < -0.3 is 0 Å². The van der Waals surface area contributed by atoms with E-state index in [0.717, 1.165) is 6.20 Å². The van der Waals surface area contributed by atoms with Crippen molar-refractivity contribution in [3.05, 3.63) is 34.4 Å². The lowest BCUT2D eigenvalue weighted by molar-refractivity contribution is -0.402. The molecule has 0 aliphatic carbocycles. The normalized spacial score (nSPS) is 13.1. The van der Waals surface area contributed by atoms with Crippen LogP contribution in [0.4, 0.5) is 4.39 Å². The van der Waals surface area contributed by atoms with Crippen LogP contribution in [-0.2, 0) is 0 Å². The molecule has 0 aliphatic heterocycles. The molecule has 0 unspecified atom stereocenters. The summed E-state index contributed by atoms with van der Waals surface area (Å²) in [6, 6.07) is 0. The summed E-state index contributed by atoms with van der Waals surface area (Å²) in [6.45, 7) is 0. The van der Waals surface area contributed by atoms with Gasteiger partial charge in [0.25, 0.3) is 0 Å². The number of nitro groups is 1. The van der Waals surface area contributed by atoms with Crippen LogP contribution in [0.15, 0.2) is 29.3 Å². The minimum atomic E-state index is -0.780. The number of rotatable bonds is 3. The van der Waals surface area contributed by atoms with Gasteiger partial charge in [-0.2, -0.15) is 0 Å². The number of hydrogen-bond donors (Lipinski definition) is 0. The zero-order valence-corrected chi connectivity index (χ0v) is 6.86. The highest BCUT2D eigenvalue weighted by molar-refractivity contribution is 9.17. The van der Waals surface area contributed by atoms with Crippen molar-refractivity contribution < 1.29 is 9.31 Å². The molecule has 0 aromatic rings. The van der Waals surface area contributed by atoms with Crippen LogP contribution in [-0.4, -0.2) is 10.0 Å². The zero-order chi connectivity index (χ0) is 8.69. The second-order valence-corrected chi connectivity index (χ2v) is 1.77. The van der Waals surface area contributed by atoms with Crippen LogP contribution in [0.1, 0.15) is 0 Å². The first-order valence-corrected chi connectivity index (χ1v) is 3.37. The van der Waals surface area contributed by atoms with E-state index in [1.54, 1.807) is 0 Å². The number of halogens is 2. The molecule has 6 heteroatoms. The van der Waals surface area contributed by atoms with E-state index in [9.17, 15) is 14.5 Å². The highest BCUT2D eigenvalue weighted by Gasteiger charge is 1.89. The summed E-state index contributed by atoms with van der Waals surface area (Å²) < 4.78 is 12.3. The Morgan fingerprint density at radius 3 is 2.82 bits per heavy atom. The topological polar surface area (TPSA) is 55.5 Å². The Balaban J connectivity index is 4.05. The number of nitrogens with zero attached hydrogens (tertiary/aromatic N) is 2. The van der Waals surface area contributed by atoms with E-state index in [1.165, 1.54) is 5.12 Å². The molecule has 0 spiro atoms. The average molecular weight is 223 g/mol. The molecule has 0 atom stereocenters. The molecule has 0 fully saturated rings. The lowest BCUT2D eigenvalue weighted by atomic mass is 10.5. The van der Waals surface area contributed by atoms with Gasteiger partial charge in [0, 0.05) is 6.08 Å². The summed E-state index contributed by atoms with van der Waals surface area (Å²) in [7, 11) is 0. The summed E-state index contributed by atoms with van der Waals surface area (Å²) in [5, 5.41) is 10.8. The van der Waals surface area contributed by atoms with Crippen LogP contribution >= 0.6 is 15.9 Å². The van der Waals surface area contributed by atoms with E-state index in [2.05, 4.69) is 20.9 Å². The molecule has 0 amide bonds. The smallest absolute Gasteiger partial charge is 0.237 e. The van der Waals surface area contributed by atoms with Gasteiger partial charge in [0.2, 0.25) is 6.20 Å². The van der Waals surface area contributed by atoms with Gasteiger partial charge in [-0.25, -0.2) is 4.39 Å². The van der Waals surface area contributed by atoms with Gasteiger partial charge in [-0.05, 0) is 15.9 Å². The van der Waals surface area contributed by atoms with Gasteiger partial charge in [0.1, 0.15) is 5.83 Å². The van der Waals surface area contributed by atoms with Crippen LogP contribution in [0.3, 0.4) is 0 Å². The van der Waals surface area contributed by atoms with Crippen molar-refractivity contribution in [2.24, 2.45) is 4.99 Å². The molecule has 0 aromatic heterocycles. The van der Waals surface area contributed by atoms with Crippen LogP contribution in [0.2, 0.25) is 0 Å².